The summed E-state index contributed by atoms with van der Waals surface area (Å²) in [7, 11) is -0.491. The van der Waals surface area contributed by atoms with Crippen molar-refractivity contribution in [3.63, 3.8) is 0 Å². The van der Waals surface area contributed by atoms with Gasteiger partial charge in [-0.2, -0.15) is 0 Å². The maximum atomic E-state index is 12.8. The largest absolute Gasteiger partial charge is 0.494 e. The maximum Gasteiger partial charge on any atom is 0.494 e. The molecule has 2 aromatic heterocycles. The third kappa shape index (κ3) is 4.74. The van der Waals surface area contributed by atoms with E-state index < -0.39 is 23.9 Å². The molecule has 4 aromatic rings. The fourth-order valence-electron chi connectivity index (χ4n) is 4.28. The van der Waals surface area contributed by atoms with Gasteiger partial charge in [-0.25, -0.2) is 4.79 Å². The summed E-state index contributed by atoms with van der Waals surface area (Å²) in [6.45, 7) is 14.0. The zero-order chi connectivity index (χ0) is 26.4. The van der Waals surface area contributed by atoms with Gasteiger partial charge in [0.15, 0.2) is 0 Å². The molecule has 5 rings (SSSR count). The number of anilines is 3. The number of nitrogens with one attached hydrogen (secondary N) is 1. The van der Waals surface area contributed by atoms with E-state index in [2.05, 4.69) is 34.3 Å². The first-order valence-electron chi connectivity index (χ1n) is 12.5. The monoisotopic (exact) mass is 502 g/mol. The Labute approximate surface area is 215 Å². The van der Waals surface area contributed by atoms with E-state index in [1.54, 1.807) is 6.07 Å². The van der Waals surface area contributed by atoms with E-state index >= 15 is 0 Å². The zero-order valence-corrected chi connectivity index (χ0v) is 22.0. The van der Waals surface area contributed by atoms with Crippen LogP contribution in [0.3, 0.4) is 0 Å². The molecule has 1 aliphatic heterocycles. The van der Waals surface area contributed by atoms with Crippen molar-refractivity contribution in [3.8, 4) is 11.5 Å². The van der Waals surface area contributed by atoms with Gasteiger partial charge in [0.25, 0.3) is 5.89 Å². The number of nitrogens with zero attached hydrogens (tertiary/aromatic N) is 3. The molecule has 1 N–H and O–H groups in total. The number of rotatable bonds is 7. The van der Waals surface area contributed by atoms with E-state index in [1.165, 1.54) is 0 Å². The summed E-state index contributed by atoms with van der Waals surface area (Å²) in [4.78, 5) is 14.9. The highest BCUT2D eigenvalue weighted by Gasteiger charge is 2.51. The van der Waals surface area contributed by atoms with Crippen LogP contribution in [0.15, 0.2) is 62.2 Å². The van der Waals surface area contributed by atoms with Gasteiger partial charge in [-0.05, 0) is 77.3 Å². The van der Waals surface area contributed by atoms with Crippen LogP contribution in [0.1, 0.15) is 41.5 Å². The van der Waals surface area contributed by atoms with E-state index in [9.17, 15) is 4.79 Å². The van der Waals surface area contributed by atoms with E-state index in [0.29, 0.717) is 5.58 Å². The van der Waals surface area contributed by atoms with Crippen LogP contribution in [0.4, 0.5) is 17.4 Å². The van der Waals surface area contributed by atoms with Crippen molar-refractivity contribution in [2.75, 3.05) is 23.3 Å². The highest BCUT2D eigenvalue weighted by Crippen LogP contribution is 2.36. The Bertz CT molecular complexity index is 1480. The molecule has 0 bridgehead atoms. The van der Waals surface area contributed by atoms with E-state index in [1.807, 2.05) is 70.2 Å². The van der Waals surface area contributed by atoms with Gasteiger partial charge in [-0.15, -0.1) is 5.10 Å². The summed E-state index contributed by atoms with van der Waals surface area (Å²) in [5.41, 5.74) is 1.89. The summed E-state index contributed by atoms with van der Waals surface area (Å²) < 4.78 is 23.7. The SMILES string of the molecule is CCN(CC)c1ccc2cc(-c3nnc(Nc4cccc(B5OC(C)(C)C(C)(C)O5)c4)o3)c(=O)oc2c1. The highest BCUT2D eigenvalue weighted by molar-refractivity contribution is 6.62. The molecular formula is C27H31BN4O5. The quantitative estimate of drug-likeness (QED) is 0.284. The van der Waals surface area contributed by atoms with Gasteiger partial charge in [0.2, 0.25) is 0 Å². The third-order valence-electron chi connectivity index (χ3n) is 7.17. The molecule has 0 atom stereocenters. The lowest BCUT2D eigenvalue weighted by molar-refractivity contribution is 0.00578. The predicted molar refractivity (Wildman–Crippen MR) is 145 cm³/mol. The molecule has 1 fully saturated rings. The van der Waals surface area contributed by atoms with Gasteiger partial charge in [0, 0.05) is 35.9 Å². The minimum absolute atomic E-state index is 0.0769. The Morgan fingerprint density at radius 3 is 2.35 bits per heavy atom. The molecule has 1 aliphatic rings. The molecule has 9 nitrogen and oxygen atoms in total. The molecule has 0 unspecified atom stereocenters. The Hall–Kier alpha value is -3.63. The molecule has 1 saturated heterocycles. The summed E-state index contributed by atoms with van der Waals surface area (Å²) in [6.07, 6.45) is 0. The van der Waals surface area contributed by atoms with Crippen LogP contribution in [0.5, 0.6) is 0 Å². The Morgan fingerprint density at radius 2 is 1.65 bits per heavy atom. The van der Waals surface area contributed by atoms with Crippen LogP contribution < -0.4 is 21.3 Å². The molecule has 0 saturated carbocycles. The van der Waals surface area contributed by atoms with Crippen molar-refractivity contribution in [1.82, 2.24) is 10.2 Å². The molecule has 192 valence electrons. The maximum absolute atomic E-state index is 12.8. The molecule has 10 heteroatoms. The molecule has 2 aromatic carbocycles. The number of fused-ring (bicyclic) bond motifs is 1. The average molecular weight is 502 g/mol. The van der Waals surface area contributed by atoms with Crippen molar-refractivity contribution < 1.29 is 18.1 Å². The van der Waals surface area contributed by atoms with Crippen LogP contribution in [-0.2, 0) is 9.31 Å². The van der Waals surface area contributed by atoms with Gasteiger partial charge in [-0.1, -0.05) is 17.2 Å². The van der Waals surface area contributed by atoms with Crippen molar-refractivity contribution in [2.24, 2.45) is 0 Å². The normalized spacial score (nSPS) is 16.3. The minimum Gasteiger partial charge on any atom is -0.422 e. The zero-order valence-electron chi connectivity index (χ0n) is 22.0. The standard InChI is InChI=1S/C27H31BN4O5/c1-7-32(8-2)20-13-12-17-14-21(24(33)34-22(17)16-20)23-30-31-25(35-23)29-19-11-9-10-18(15-19)28-36-26(3,4)27(5,6)37-28/h9-16H,7-8H2,1-6H3,(H,29,31). The summed E-state index contributed by atoms with van der Waals surface area (Å²) in [5.74, 6) is 0.0769. The van der Waals surface area contributed by atoms with Gasteiger partial charge in [-0.3, -0.25) is 0 Å². The Kier molecular flexibility index (Phi) is 6.33. The van der Waals surface area contributed by atoms with E-state index in [-0.39, 0.29) is 17.5 Å². The van der Waals surface area contributed by atoms with E-state index in [0.717, 1.165) is 35.3 Å². The first-order valence-corrected chi connectivity index (χ1v) is 12.5. The number of benzene rings is 2. The summed E-state index contributed by atoms with van der Waals surface area (Å²) in [6, 6.07) is 15.3. The molecule has 37 heavy (non-hydrogen) atoms. The van der Waals surface area contributed by atoms with Crippen molar-refractivity contribution >= 4 is 40.9 Å². The molecule has 0 spiro atoms. The van der Waals surface area contributed by atoms with Gasteiger partial charge >= 0.3 is 18.8 Å². The smallest absolute Gasteiger partial charge is 0.422 e. The van der Waals surface area contributed by atoms with Crippen molar-refractivity contribution in [1.29, 1.82) is 0 Å². The minimum atomic E-state index is -0.540. The molecular weight excluding hydrogens is 471 g/mol. The number of hydrogen-bond acceptors (Lipinski definition) is 9. The average Bonchev–Trinajstić information content (AvgIpc) is 3.40. The first-order chi connectivity index (χ1) is 17.6. The second-order valence-electron chi connectivity index (χ2n) is 10.1. The third-order valence-corrected chi connectivity index (χ3v) is 7.17. The van der Waals surface area contributed by atoms with Gasteiger partial charge < -0.3 is 28.4 Å². The van der Waals surface area contributed by atoms with Gasteiger partial charge in [0.1, 0.15) is 11.1 Å². The van der Waals surface area contributed by atoms with Crippen LogP contribution in [0.2, 0.25) is 0 Å². The van der Waals surface area contributed by atoms with Crippen LogP contribution in [0.25, 0.3) is 22.4 Å². The second-order valence-corrected chi connectivity index (χ2v) is 10.1. The van der Waals surface area contributed by atoms with Crippen LogP contribution in [0, 0.1) is 0 Å². The lowest BCUT2D eigenvalue weighted by Crippen LogP contribution is -2.41. The van der Waals surface area contributed by atoms with Crippen molar-refractivity contribution in [2.45, 2.75) is 52.7 Å². The molecule has 3 heterocycles. The fraction of sp³-hybridized carbons (Fsp3) is 0.370. The lowest BCUT2D eigenvalue weighted by Gasteiger charge is -2.32. The van der Waals surface area contributed by atoms with Crippen LogP contribution in [-0.4, -0.2) is 41.6 Å². The van der Waals surface area contributed by atoms with Crippen LogP contribution >= 0.6 is 0 Å². The summed E-state index contributed by atoms with van der Waals surface area (Å²) >= 11 is 0. The fourth-order valence-corrected chi connectivity index (χ4v) is 4.28. The topological polar surface area (TPSA) is 103 Å². The second kappa shape index (κ2) is 9.35. The Balaban J connectivity index is 1.37. The molecule has 0 aliphatic carbocycles. The summed E-state index contributed by atoms with van der Waals surface area (Å²) in [5, 5.41) is 12.0. The number of hydrogen-bond donors (Lipinski definition) is 1. The highest BCUT2D eigenvalue weighted by atomic mass is 16.7. The molecule has 0 radical (unpaired) electrons. The van der Waals surface area contributed by atoms with Gasteiger partial charge in [0.05, 0.1) is 11.2 Å². The number of aromatic nitrogens is 2. The van der Waals surface area contributed by atoms with E-state index in [4.69, 9.17) is 18.1 Å². The Morgan fingerprint density at radius 1 is 0.919 bits per heavy atom. The van der Waals surface area contributed by atoms with Crippen molar-refractivity contribution in [3.05, 3.63) is 59.0 Å². The molecule has 0 amide bonds. The first kappa shape index (κ1) is 25.0. The predicted octanol–water partition coefficient (Wildman–Crippen LogP) is 4.73. The lowest BCUT2D eigenvalue weighted by atomic mass is 9.79.